The normalized spacial score (nSPS) is 21.0. The third kappa shape index (κ3) is 3.98. The van der Waals surface area contributed by atoms with Crippen molar-refractivity contribution < 1.29 is 7.31 Å². The molecule has 0 bridgehead atoms. The first-order valence-electron chi connectivity index (χ1n) is 11.0. The summed E-state index contributed by atoms with van der Waals surface area (Å²) in [6, 6.07) is 20.9. The minimum absolute atomic E-state index is 0.134. The Morgan fingerprint density at radius 3 is 2.37 bits per heavy atom. The maximum Gasteiger partial charge on any atom is 0.212 e. The molecule has 1 nitrogen and oxygen atoms in total. The highest BCUT2D eigenvalue weighted by Crippen LogP contribution is 2.33. The predicted octanol–water partition coefficient (Wildman–Crippen LogP) is 6.13. The van der Waals surface area contributed by atoms with Crippen molar-refractivity contribution in [2.24, 2.45) is 18.9 Å². The maximum atomic E-state index is 8.67. The van der Waals surface area contributed by atoms with Gasteiger partial charge in [-0.25, -0.2) is 4.57 Å². The van der Waals surface area contributed by atoms with Gasteiger partial charge >= 0.3 is 0 Å². The second kappa shape index (κ2) is 7.68. The van der Waals surface area contributed by atoms with Gasteiger partial charge in [-0.05, 0) is 66.8 Å². The smallest absolute Gasteiger partial charge is 0.200 e. The van der Waals surface area contributed by atoms with Crippen LogP contribution in [0.2, 0.25) is 0 Å². The molecule has 1 saturated carbocycles. The lowest BCUT2D eigenvalue weighted by atomic mass is 9.95. The minimum atomic E-state index is -1.25. The highest BCUT2D eigenvalue weighted by molar-refractivity contribution is 5.66. The number of hydrogen-bond acceptors (Lipinski definition) is 0. The summed E-state index contributed by atoms with van der Waals surface area (Å²) in [5.74, 6) is 0.774. The van der Waals surface area contributed by atoms with E-state index in [1.807, 2.05) is 12.1 Å². The van der Waals surface area contributed by atoms with Crippen molar-refractivity contribution >= 4 is 0 Å². The van der Waals surface area contributed by atoms with Crippen LogP contribution in [0.5, 0.6) is 0 Å². The number of pyridine rings is 1. The van der Waals surface area contributed by atoms with E-state index in [0.29, 0.717) is 5.92 Å². The monoisotopic (exact) mass is 358 g/mol. The molecule has 2 atom stereocenters. The quantitative estimate of drug-likeness (QED) is 0.494. The van der Waals surface area contributed by atoms with Crippen LogP contribution in [-0.4, -0.2) is 0 Å². The standard InChI is InChI=1S/C26H30N/c1-19-8-9-22(16-19)17-21-10-12-23(13-11-21)24-14-15-26(27(3)18-24)25-7-5-4-6-20(25)2/h4-7,10-15,18-19,22H,8-9,16-17H2,1-3H3/q+1/i17D2. The van der Waals surface area contributed by atoms with E-state index in [1.54, 1.807) is 0 Å². The van der Waals surface area contributed by atoms with E-state index < -0.39 is 6.37 Å². The van der Waals surface area contributed by atoms with Gasteiger partial charge in [0.15, 0.2) is 6.20 Å². The molecule has 2 unspecified atom stereocenters. The summed E-state index contributed by atoms with van der Waals surface area (Å²) < 4.78 is 19.5. The first-order valence-corrected chi connectivity index (χ1v) is 10.0. The van der Waals surface area contributed by atoms with Gasteiger partial charge in [-0.1, -0.05) is 55.8 Å². The number of aromatic nitrogens is 1. The van der Waals surface area contributed by atoms with Gasteiger partial charge in [-0.15, -0.1) is 0 Å². The van der Waals surface area contributed by atoms with E-state index in [-0.39, 0.29) is 5.92 Å². The topological polar surface area (TPSA) is 3.88 Å². The van der Waals surface area contributed by atoms with Crippen LogP contribution >= 0.6 is 0 Å². The van der Waals surface area contributed by atoms with Gasteiger partial charge in [0.05, 0.1) is 0 Å². The molecule has 0 amide bonds. The van der Waals surface area contributed by atoms with Crippen LogP contribution in [0.1, 0.15) is 40.1 Å². The number of aryl methyl sites for hydroxylation is 2. The average Bonchev–Trinajstić information content (AvgIpc) is 3.16. The van der Waals surface area contributed by atoms with Gasteiger partial charge in [-0.3, -0.25) is 0 Å². The van der Waals surface area contributed by atoms with E-state index in [1.165, 1.54) is 16.8 Å². The van der Waals surface area contributed by atoms with Gasteiger partial charge in [0.25, 0.3) is 0 Å². The summed E-state index contributed by atoms with van der Waals surface area (Å²) in [7, 11) is 2.08. The Morgan fingerprint density at radius 2 is 1.70 bits per heavy atom. The Kier molecular flexibility index (Phi) is 4.45. The van der Waals surface area contributed by atoms with Crippen molar-refractivity contribution in [3.05, 3.63) is 78.0 Å². The number of nitrogens with zero attached hydrogens (tertiary/aromatic N) is 1. The summed E-state index contributed by atoms with van der Waals surface area (Å²) in [4.78, 5) is 0. The highest BCUT2D eigenvalue weighted by atomic mass is 14.9. The number of hydrogen-bond donors (Lipinski definition) is 0. The lowest BCUT2D eigenvalue weighted by molar-refractivity contribution is -0.659. The van der Waals surface area contributed by atoms with Crippen LogP contribution in [0.25, 0.3) is 22.4 Å². The van der Waals surface area contributed by atoms with Crippen molar-refractivity contribution in [2.75, 3.05) is 0 Å². The number of benzene rings is 2. The maximum absolute atomic E-state index is 8.67. The summed E-state index contributed by atoms with van der Waals surface area (Å²) in [6.07, 6.45) is 4.04. The first-order chi connectivity index (χ1) is 13.9. The van der Waals surface area contributed by atoms with Crippen LogP contribution in [0.3, 0.4) is 0 Å². The summed E-state index contributed by atoms with van der Waals surface area (Å²) in [5.41, 5.74) is 6.78. The molecule has 27 heavy (non-hydrogen) atoms. The molecule has 0 radical (unpaired) electrons. The average molecular weight is 359 g/mol. The molecular weight excluding hydrogens is 326 g/mol. The van der Waals surface area contributed by atoms with E-state index >= 15 is 0 Å². The van der Waals surface area contributed by atoms with E-state index in [9.17, 15) is 0 Å². The van der Waals surface area contributed by atoms with Crippen molar-refractivity contribution in [2.45, 2.75) is 39.5 Å². The summed E-state index contributed by atoms with van der Waals surface area (Å²) in [6.45, 7) is 4.38. The van der Waals surface area contributed by atoms with Gasteiger partial charge < -0.3 is 0 Å². The van der Waals surface area contributed by atoms with Gasteiger partial charge in [0.2, 0.25) is 5.69 Å². The largest absolute Gasteiger partial charge is 0.212 e. The summed E-state index contributed by atoms with van der Waals surface area (Å²) >= 11 is 0. The SMILES string of the molecule is [2H]C([2H])(c1ccc(-c2ccc(-c3ccccc3C)[n+](C)c2)cc1)C1CCC(C)C1. The van der Waals surface area contributed by atoms with Crippen LogP contribution in [0, 0.1) is 18.8 Å². The van der Waals surface area contributed by atoms with Crippen LogP contribution in [0.15, 0.2) is 66.9 Å². The van der Waals surface area contributed by atoms with Crippen molar-refractivity contribution in [3.8, 4) is 22.4 Å². The van der Waals surface area contributed by atoms with Crippen molar-refractivity contribution in [1.82, 2.24) is 0 Å². The molecule has 0 N–H and O–H groups in total. The lowest BCUT2D eigenvalue weighted by Gasteiger charge is -2.10. The molecule has 1 aromatic heterocycles. The van der Waals surface area contributed by atoms with Gasteiger partial charge in [-0.2, -0.15) is 0 Å². The molecule has 4 rings (SSSR count). The van der Waals surface area contributed by atoms with Crippen LogP contribution in [-0.2, 0) is 13.4 Å². The highest BCUT2D eigenvalue weighted by Gasteiger charge is 2.21. The second-order valence-corrected chi connectivity index (χ2v) is 8.07. The molecule has 1 heterocycles. The van der Waals surface area contributed by atoms with Crippen molar-refractivity contribution in [1.29, 1.82) is 0 Å². The molecule has 3 aromatic rings. The molecule has 1 fully saturated rings. The molecule has 0 spiro atoms. The minimum Gasteiger partial charge on any atom is -0.200 e. The molecule has 1 aliphatic carbocycles. The van der Waals surface area contributed by atoms with Crippen LogP contribution < -0.4 is 4.57 Å². The Labute approximate surface area is 166 Å². The van der Waals surface area contributed by atoms with E-state index in [4.69, 9.17) is 2.74 Å². The second-order valence-electron chi connectivity index (χ2n) is 8.07. The molecule has 1 heteroatoms. The predicted molar refractivity (Wildman–Crippen MR) is 113 cm³/mol. The zero-order valence-electron chi connectivity index (χ0n) is 18.6. The molecule has 0 saturated heterocycles. The molecule has 138 valence electrons. The zero-order valence-corrected chi connectivity index (χ0v) is 16.6. The molecule has 1 aliphatic rings. The van der Waals surface area contributed by atoms with E-state index in [0.717, 1.165) is 36.0 Å². The summed E-state index contributed by atoms with van der Waals surface area (Å²) in [5, 5.41) is 0. The van der Waals surface area contributed by atoms with Gasteiger partial charge in [0.1, 0.15) is 7.05 Å². The Balaban J connectivity index is 1.60. The van der Waals surface area contributed by atoms with Crippen molar-refractivity contribution in [3.63, 3.8) is 0 Å². The van der Waals surface area contributed by atoms with Crippen LogP contribution in [0.4, 0.5) is 0 Å². The zero-order chi connectivity index (χ0) is 20.6. The third-order valence-electron chi connectivity index (χ3n) is 5.84. The lowest BCUT2D eigenvalue weighted by Crippen LogP contribution is -2.30. The fourth-order valence-electron chi connectivity index (χ4n) is 4.25. The number of rotatable bonds is 4. The molecular formula is C26H30N+. The Hall–Kier alpha value is -2.41. The fourth-order valence-corrected chi connectivity index (χ4v) is 4.25. The Bertz CT molecular complexity index is 1010. The van der Waals surface area contributed by atoms with Gasteiger partial charge in [0, 0.05) is 19.9 Å². The fraction of sp³-hybridized carbons (Fsp3) is 0.346. The Morgan fingerprint density at radius 1 is 0.963 bits per heavy atom. The molecule has 0 aliphatic heterocycles. The van der Waals surface area contributed by atoms with E-state index in [2.05, 4.69) is 80.2 Å². The third-order valence-corrected chi connectivity index (χ3v) is 5.84. The molecule has 2 aromatic carbocycles. The first kappa shape index (κ1) is 15.6.